The van der Waals surface area contributed by atoms with Crippen LogP contribution in [-0.4, -0.2) is 21.8 Å². The Morgan fingerprint density at radius 3 is 1.31 bits per heavy atom. The molecular formula is C34H27O7P. The molecule has 0 saturated carbocycles. The third kappa shape index (κ3) is 6.77. The first-order valence-corrected chi connectivity index (χ1v) is 14.7. The molecule has 0 heterocycles. The topological polar surface area (TPSA) is 110 Å². The van der Waals surface area contributed by atoms with Gasteiger partial charge in [0.05, 0.1) is 16.4 Å². The van der Waals surface area contributed by atoms with Crippen molar-refractivity contribution in [1.29, 1.82) is 0 Å². The molecule has 0 radical (unpaired) electrons. The largest absolute Gasteiger partial charge is 0.507 e. The molecule has 0 saturated heterocycles. The van der Waals surface area contributed by atoms with Crippen molar-refractivity contribution in [2.45, 2.75) is 12.8 Å². The first-order valence-electron chi connectivity index (χ1n) is 13.2. The normalized spacial score (nSPS) is 11.0. The van der Waals surface area contributed by atoms with E-state index < -0.39 is 7.60 Å². The van der Waals surface area contributed by atoms with Crippen molar-refractivity contribution in [2.24, 2.45) is 0 Å². The standard InChI is InChI=1S/C34H27O7P/c35-31(20-24-10-4-1-5-11-24)29-18-16-26(22-33(29)37)40-42(39,28-14-8-3-9-15-28)41-27-17-19-30(34(38)23-27)32(36)21-25-12-6-2-7-13-25/h1-19,22-23,37-38H,20-21H2. The van der Waals surface area contributed by atoms with E-state index in [-0.39, 0.29) is 63.8 Å². The minimum absolute atomic E-state index is 0.00910. The van der Waals surface area contributed by atoms with Crippen molar-refractivity contribution in [3.8, 4) is 23.0 Å². The lowest BCUT2D eigenvalue weighted by Gasteiger charge is -2.21. The molecule has 42 heavy (non-hydrogen) atoms. The Bertz CT molecular complexity index is 1640. The van der Waals surface area contributed by atoms with Gasteiger partial charge in [0, 0.05) is 25.0 Å². The maximum atomic E-state index is 14.2. The van der Waals surface area contributed by atoms with E-state index in [0.717, 1.165) is 11.1 Å². The summed E-state index contributed by atoms with van der Waals surface area (Å²) in [6.07, 6.45) is 0.209. The Balaban J connectivity index is 1.37. The predicted molar refractivity (Wildman–Crippen MR) is 160 cm³/mol. The Labute approximate surface area is 243 Å². The molecule has 0 bridgehead atoms. The fourth-order valence-electron chi connectivity index (χ4n) is 4.37. The van der Waals surface area contributed by atoms with Crippen LogP contribution in [0.25, 0.3) is 0 Å². The summed E-state index contributed by atoms with van der Waals surface area (Å²) in [5, 5.41) is 21.5. The van der Waals surface area contributed by atoms with E-state index in [1.807, 2.05) is 60.7 Å². The van der Waals surface area contributed by atoms with E-state index in [4.69, 9.17) is 9.05 Å². The van der Waals surface area contributed by atoms with E-state index in [1.165, 1.54) is 36.4 Å². The zero-order valence-corrected chi connectivity index (χ0v) is 23.3. The lowest BCUT2D eigenvalue weighted by Crippen LogP contribution is -2.14. The van der Waals surface area contributed by atoms with E-state index in [1.54, 1.807) is 30.3 Å². The van der Waals surface area contributed by atoms with Crippen LogP contribution in [0.1, 0.15) is 31.8 Å². The van der Waals surface area contributed by atoms with E-state index in [0.29, 0.717) is 0 Å². The highest BCUT2D eigenvalue weighted by Gasteiger charge is 2.32. The van der Waals surface area contributed by atoms with Crippen molar-refractivity contribution in [1.82, 2.24) is 0 Å². The molecule has 210 valence electrons. The summed E-state index contributed by atoms with van der Waals surface area (Å²) in [6.45, 7) is 0. The minimum atomic E-state index is -4.13. The summed E-state index contributed by atoms with van der Waals surface area (Å²) in [4.78, 5) is 25.6. The van der Waals surface area contributed by atoms with Gasteiger partial charge in [0.15, 0.2) is 11.6 Å². The highest BCUT2D eigenvalue weighted by molar-refractivity contribution is 7.63. The molecule has 0 aliphatic carbocycles. The van der Waals surface area contributed by atoms with Crippen LogP contribution in [0.15, 0.2) is 127 Å². The van der Waals surface area contributed by atoms with Crippen molar-refractivity contribution in [3.05, 3.63) is 150 Å². The average molecular weight is 579 g/mol. The Morgan fingerprint density at radius 1 is 0.548 bits per heavy atom. The molecule has 0 aromatic heterocycles. The summed E-state index contributed by atoms with van der Waals surface area (Å²) < 4.78 is 25.8. The number of hydrogen-bond donors (Lipinski definition) is 2. The monoisotopic (exact) mass is 578 g/mol. The second kappa shape index (κ2) is 12.6. The number of carbonyl (C=O) groups is 2. The fraction of sp³-hybridized carbons (Fsp3) is 0.0588. The molecule has 5 aromatic rings. The molecule has 0 unspecified atom stereocenters. The molecule has 0 aliphatic heterocycles. The van der Waals surface area contributed by atoms with Gasteiger partial charge >= 0.3 is 7.60 Å². The highest BCUT2D eigenvalue weighted by atomic mass is 31.2. The number of phenols is 2. The molecule has 0 fully saturated rings. The van der Waals surface area contributed by atoms with E-state index >= 15 is 0 Å². The number of carbonyl (C=O) groups excluding carboxylic acids is 2. The average Bonchev–Trinajstić information content (AvgIpc) is 2.98. The quantitative estimate of drug-likeness (QED) is 0.129. The lowest BCUT2D eigenvalue weighted by molar-refractivity contribution is 0.0981. The van der Waals surface area contributed by atoms with Crippen LogP contribution in [0.3, 0.4) is 0 Å². The minimum Gasteiger partial charge on any atom is -0.507 e. The van der Waals surface area contributed by atoms with Crippen LogP contribution >= 0.6 is 7.60 Å². The van der Waals surface area contributed by atoms with E-state index in [2.05, 4.69) is 0 Å². The molecule has 7 nitrogen and oxygen atoms in total. The van der Waals surface area contributed by atoms with Gasteiger partial charge in [0.1, 0.15) is 23.0 Å². The third-order valence-electron chi connectivity index (χ3n) is 6.48. The smallest absolute Gasteiger partial charge is 0.462 e. The van der Waals surface area contributed by atoms with E-state index in [9.17, 15) is 24.4 Å². The summed E-state index contributed by atoms with van der Waals surface area (Å²) in [7, 11) is -4.13. The zero-order chi connectivity index (χ0) is 29.5. The number of aromatic hydroxyl groups is 2. The number of ketones is 2. The lowest BCUT2D eigenvalue weighted by atomic mass is 10.0. The number of phenolic OH excluding ortho intramolecular Hbond substituents is 2. The second-order valence-corrected chi connectivity index (χ2v) is 11.4. The number of rotatable bonds is 11. The fourth-order valence-corrected chi connectivity index (χ4v) is 5.94. The van der Waals surface area contributed by atoms with Crippen LogP contribution < -0.4 is 14.4 Å². The number of Topliss-reactive ketones (excluding diaryl/α,β-unsaturated/α-hetero) is 2. The third-order valence-corrected chi connectivity index (χ3v) is 8.31. The van der Waals surface area contributed by atoms with Gasteiger partial charge in [-0.25, -0.2) is 4.57 Å². The Morgan fingerprint density at radius 2 is 0.929 bits per heavy atom. The first kappa shape index (κ1) is 28.4. The molecule has 5 rings (SSSR count). The molecule has 0 aliphatic rings. The van der Waals surface area contributed by atoms with Crippen molar-refractivity contribution in [2.75, 3.05) is 0 Å². The van der Waals surface area contributed by atoms with Gasteiger partial charge < -0.3 is 19.3 Å². The Kier molecular flexibility index (Phi) is 8.51. The molecule has 0 amide bonds. The molecule has 0 atom stereocenters. The summed E-state index contributed by atoms with van der Waals surface area (Å²) in [5.74, 6) is -1.21. The van der Waals surface area contributed by atoms with Crippen molar-refractivity contribution >= 4 is 24.5 Å². The van der Waals surface area contributed by atoms with Gasteiger partial charge in [-0.1, -0.05) is 78.9 Å². The summed E-state index contributed by atoms with van der Waals surface area (Å²) >= 11 is 0. The van der Waals surface area contributed by atoms with Crippen molar-refractivity contribution < 1.29 is 33.4 Å². The van der Waals surface area contributed by atoms with Crippen molar-refractivity contribution in [3.63, 3.8) is 0 Å². The molecular weight excluding hydrogens is 551 g/mol. The van der Waals surface area contributed by atoms with Gasteiger partial charge in [-0.3, -0.25) is 9.59 Å². The van der Waals surface area contributed by atoms with Crippen LogP contribution in [0.4, 0.5) is 0 Å². The number of benzene rings is 5. The maximum absolute atomic E-state index is 14.2. The Hall–Kier alpha value is -5.13. The SMILES string of the molecule is O=C(Cc1ccccc1)c1ccc(OP(=O)(Oc2ccc(C(=O)Cc3ccccc3)c(O)c2)c2ccccc2)cc1O. The van der Waals surface area contributed by atoms with Crippen LogP contribution in [0.5, 0.6) is 23.0 Å². The zero-order valence-electron chi connectivity index (χ0n) is 22.4. The van der Waals surface area contributed by atoms with Gasteiger partial charge in [-0.15, -0.1) is 0 Å². The van der Waals surface area contributed by atoms with Crippen LogP contribution in [-0.2, 0) is 17.4 Å². The van der Waals surface area contributed by atoms with Crippen LogP contribution in [0, 0.1) is 0 Å². The predicted octanol–water partition coefficient (Wildman–Crippen LogP) is 6.93. The molecule has 2 N–H and O–H groups in total. The first-order chi connectivity index (χ1) is 20.3. The second-order valence-electron chi connectivity index (χ2n) is 9.54. The van der Waals surface area contributed by atoms with Crippen LogP contribution in [0.2, 0.25) is 0 Å². The molecule has 8 heteroatoms. The summed E-state index contributed by atoms with van der Waals surface area (Å²) in [6, 6.07) is 34.6. The highest BCUT2D eigenvalue weighted by Crippen LogP contribution is 2.48. The number of hydrogen-bond acceptors (Lipinski definition) is 7. The van der Waals surface area contributed by atoms with Gasteiger partial charge in [-0.05, 0) is 47.5 Å². The van der Waals surface area contributed by atoms with Gasteiger partial charge in [-0.2, -0.15) is 0 Å². The van der Waals surface area contributed by atoms with Gasteiger partial charge in [0.2, 0.25) is 0 Å². The van der Waals surface area contributed by atoms with Gasteiger partial charge in [0.25, 0.3) is 0 Å². The maximum Gasteiger partial charge on any atom is 0.462 e. The summed E-state index contributed by atoms with van der Waals surface area (Å²) in [5.41, 5.74) is 1.81. The molecule has 5 aromatic carbocycles. The molecule has 0 spiro atoms.